The Labute approximate surface area is 440 Å². The number of carbonyl (C=O) groups excluding carboxylic acids is 12. The van der Waals surface area contributed by atoms with E-state index in [0.717, 1.165) is 0 Å². The van der Waals surface area contributed by atoms with Crippen LogP contribution in [0.4, 0.5) is 0 Å². The summed E-state index contributed by atoms with van der Waals surface area (Å²) in [5.41, 5.74) is 0. The molecule has 75 heavy (non-hydrogen) atoms. The maximum Gasteiger partial charge on any atom is 0.329 e. The highest BCUT2D eigenvalue weighted by atomic mass is 16.6. The molecule has 6 N–H and O–H groups in total. The molecule has 0 radical (unpaired) electrons. The molecule has 4 unspecified atom stereocenters. The van der Waals surface area contributed by atoms with Gasteiger partial charge in [-0.3, -0.25) is 28.8 Å². The minimum absolute atomic E-state index is 0.627. The Morgan fingerprint density at radius 3 is 0.747 bits per heavy atom. The Morgan fingerprint density at radius 2 is 0.507 bits per heavy atom. The Kier molecular flexibility index (Phi) is 26.9. The quantitative estimate of drug-likeness (QED) is 0.147. The first-order valence-corrected chi connectivity index (χ1v) is 25.5. The van der Waals surface area contributed by atoms with E-state index in [1.807, 2.05) is 0 Å². The number of ether oxygens (including phenoxy) is 6. The monoisotopic (exact) mass is 1070 g/mol. The van der Waals surface area contributed by atoms with Crippen LogP contribution in [0.2, 0.25) is 0 Å². The summed E-state index contributed by atoms with van der Waals surface area (Å²) in [4.78, 5) is 162. The fourth-order valence-electron chi connectivity index (χ4n) is 7.00. The molecule has 0 aromatic rings. The lowest BCUT2D eigenvalue weighted by atomic mass is 10.0. The van der Waals surface area contributed by atoms with Crippen LogP contribution >= 0.6 is 0 Å². The van der Waals surface area contributed by atoms with Crippen molar-refractivity contribution in [1.29, 1.82) is 0 Å². The van der Waals surface area contributed by atoms with Crippen LogP contribution in [0, 0.1) is 47.3 Å². The third kappa shape index (κ3) is 20.7. The van der Waals surface area contributed by atoms with Gasteiger partial charge >= 0.3 is 35.8 Å². The van der Waals surface area contributed by atoms with E-state index in [1.54, 1.807) is 111 Å². The Morgan fingerprint density at radius 1 is 0.293 bits per heavy atom. The second-order valence-corrected chi connectivity index (χ2v) is 21.5. The first-order valence-electron chi connectivity index (χ1n) is 25.5. The van der Waals surface area contributed by atoms with Crippen LogP contribution in [0.25, 0.3) is 0 Å². The average molecular weight is 1070 g/mol. The van der Waals surface area contributed by atoms with Gasteiger partial charge < -0.3 is 60.3 Å². The van der Waals surface area contributed by atoms with Crippen molar-refractivity contribution in [2.75, 3.05) is 6.61 Å². The molecule has 24 heteroatoms. The normalized spacial score (nSPS) is 28.4. The van der Waals surface area contributed by atoms with Gasteiger partial charge in [0.1, 0.15) is 36.3 Å². The van der Waals surface area contributed by atoms with Crippen LogP contribution in [-0.2, 0) is 86.0 Å². The Hall–Kier alpha value is -6.36. The van der Waals surface area contributed by atoms with Gasteiger partial charge in [-0.15, -0.1) is 0 Å². The van der Waals surface area contributed by atoms with Gasteiger partial charge in [-0.1, -0.05) is 111 Å². The number of cyclic esters (lactones) is 6. The van der Waals surface area contributed by atoms with Crippen LogP contribution in [0.15, 0.2) is 0 Å². The molecule has 0 saturated carbocycles. The van der Waals surface area contributed by atoms with Crippen LogP contribution in [0.3, 0.4) is 0 Å². The fraction of sp³-hybridized carbons (Fsp3) is 0.765. The molecule has 24 nitrogen and oxygen atoms in total. The van der Waals surface area contributed by atoms with Crippen molar-refractivity contribution >= 4 is 71.3 Å². The third-order valence-corrected chi connectivity index (χ3v) is 11.9. The first kappa shape index (κ1) is 66.7. The summed E-state index contributed by atoms with van der Waals surface area (Å²) < 4.78 is 32.8. The largest absolute Gasteiger partial charge is 0.454 e. The van der Waals surface area contributed by atoms with Gasteiger partial charge in [0.15, 0.2) is 37.1 Å². The van der Waals surface area contributed by atoms with E-state index in [4.69, 9.17) is 28.4 Å². The maximum atomic E-state index is 13.8. The number of carbonyl (C=O) groups is 12. The SMILES string of the molecule is CC(C)C1NC(=O)[C@H](C)OC(=O)[C@@H](C(C)C)NC(=O)[C@@H](C(C)C)OC(=O)C(C(C)C)NC(=O)[C@H](C)OC(=O)[C@@H](C(C)C)NC(=O)[C@@H](C(C)C)OC(=O)C(C(C)C)NC(=O)[C@H](C)OC(=O)C(C(C)C)NC(=O)COC1=O. The van der Waals surface area contributed by atoms with Crippen molar-refractivity contribution in [3.05, 3.63) is 0 Å². The van der Waals surface area contributed by atoms with Gasteiger partial charge in [0.2, 0.25) is 0 Å². The number of amides is 6. The second kappa shape index (κ2) is 30.3. The molecular weight excluding hydrogens is 985 g/mol. The number of nitrogens with one attached hydrogen (secondary N) is 6. The summed E-state index contributed by atoms with van der Waals surface area (Å²) in [5, 5.41) is 14.9. The third-order valence-electron chi connectivity index (χ3n) is 11.9. The molecule has 0 aromatic heterocycles. The lowest BCUT2D eigenvalue weighted by Gasteiger charge is -2.30. The van der Waals surface area contributed by atoms with E-state index >= 15 is 0 Å². The van der Waals surface area contributed by atoms with Crippen molar-refractivity contribution < 1.29 is 86.0 Å². The van der Waals surface area contributed by atoms with Crippen LogP contribution < -0.4 is 31.9 Å². The van der Waals surface area contributed by atoms with E-state index < -0.39 is 192 Å². The van der Waals surface area contributed by atoms with Gasteiger partial charge in [0, 0.05) is 0 Å². The van der Waals surface area contributed by atoms with Crippen LogP contribution in [-0.4, -0.2) is 145 Å². The fourth-order valence-corrected chi connectivity index (χ4v) is 7.00. The highest BCUT2D eigenvalue weighted by Gasteiger charge is 2.41. The van der Waals surface area contributed by atoms with Crippen molar-refractivity contribution in [3.8, 4) is 0 Å². The lowest BCUT2D eigenvalue weighted by molar-refractivity contribution is -0.167. The molecule has 11 atom stereocenters. The smallest absolute Gasteiger partial charge is 0.329 e. The van der Waals surface area contributed by atoms with E-state index in [-0.39, 0.29) is 0 Å². The molecule has 1 aliphatic heterocycles. The van der Waals surface area contributed by atoms with Gasteiger partial charge in [0.05, 0.1) is 0 Å². The minimum atomic E-state index is -1.55. The minimum Gasteiger partial charge on any atom is -0.454 e. The number of hydrogen-bond donors (Lipinski definition) is 6. The van der Waals surface area contributed by atoms with E-state index in [9.17, 15) is 57.5 Å². The molecule has 0 aromatic carbocycles. The molecule has 0 aliphatic carbocycles. The van der Waals surface area contributed by atoms with Crippen molar-refractivity contribution in [2.24, 2.45) is 47.3 Å². The van der Waals surface area contributed by atoms with Gasteiger partial charge in [-0.2, -0.15) is 0 Å². The maximum absolute atomic E-state index is 13.8. The second-order valence-electron chi connectivity index (χ2n) is 21.5. The topological polar surface area (TPSA) is 332 Å². The van der Waals surface area contributed by atoms with E-state index in [1.165, 1.54) is 20.8 Å². The zero-order valence-electron chi connectivity index (χ0n) is 47.0. The predicted molar refractivity (Wildman–Crippen MR) is 268 cm³/mol. The molecule has 1 heterocycles. The molecule has 426 valence electrons. The van der Waals surface area contributed by atoms with Crippen molar-refractivity contribution in [1.82, 2.24) is 31.9 Å². The standard InChI is InChI=1S/C51H84N6O18/c1-21(2)33-46(64)70-20-32(58)52-34(22(3)4)47(65)71-30(18)42(60)54-37(25(9)10)50(68)74-40(28(15)16)45(63)57-36(24(7)8)49(67)73-31(19)43(61)55-38(26(11)12)51(69)75-39(27(13)14)44(62)56-35(23(5)6)48(66)72-29(17)41(59)53-33/h21-31,33-40H,20H2,1-19H3,(H,52,58)(H,53,59)(H,54,60)(H,55,61)(H,56,62)(H,57,63)/t29-,30-,31-,33?,34?,35+,36+,37?,38?,39+,40+/m0/s1. The Balaban J connectivity index is 3.75. The highest BCUT2D eigenvalue weighted by Crippen LogP contribution is 2.18. The molecule has 1 fully saturated rings. The predicted octanol–water partition coefficient (Wildman–Crippen LogP) is 1.32. The van der Waals surface area contributed by atoms with Crippen LogP contribution in [0.5, 0.6) is 0 Å². The Bertz CT molecular complexity index is 2030. The molecule has 0 spiro atoms. The van der Waals surface area contributed by atoms with E-state index in [2.05, 4.69) is 31.9 Å². The zero-order chi connectivity index (χ0) is 58.1. The summed E-state index contributed by atoms with van der Waals surface area (Å²) in [6.45, 7) is 27.9. The van der Waals surface area contributed by atoms with Crippen LogP contribution in [0.1, 0.15) is 132 Å². The highest BCUT2D eigenvalue weighted by molar-refractivity contribution is 5.95. The van der Waals surface area contributed by atoms with Gasteiger partial charge in [-0.25, -0.2) is 28.8 Å². The first-order chi connectivity index (χ1) is 34.5. The molecule has 6 amide bonds. The lowest BCUT2D eigenvalue weighted by Crippen LogP contribution is -2.55. The summed E-state index contributed by atoms with van der Waals surface area (Å²) in [5.74, 6) is -17.1. The summed E-state index contributed by atoms with van der Waals surface area (Å²) in [7, 11) is 0. The number of esters is 6. The van der Waals surface area contributed by atoms with E-state index in [0.29, 0.717) is 0 Å². The number of hydrogen-bond acceptors (Lipinski definition) is 18. The molecule has 1 aliphatic rings. The molecule has 1 saturated heterocycles. The average Bonchev–Trinajstić information content (AvgIpc) is 3.29. The molecule has 1 rings (SSSR count). The van der Waals surface area contributed by atoms with Crippen molar-refractivity contribution in [3.63, 3.8) is 0 Å². The van der Waals surface area contributed by atoms with Crippen molar-refractivity contribution in [2.45, 2.75) is 198 Å². The van der Waals surface area contributed by atoms with Gasteiger partial charge in [-0.05, 0) is 68.1 Å². The van der Waals surface area contributed by atoms with Gasteiger partial charge in [0.25, 0.3) is 35.4 Å². The molecular formula is C51H84N6O18. The summed E-state index contributed by atoms with van der Waals surface area (Å²) >= 11 is 0. The molecule has 0 bridgehead atoms. The zero-order valence-corrected chi connectivity index (χ0v) is 47.0. The number of rotatable bonds is 8. The summed E-state index contributed by atoms with van der Waals surface area (Å²) in [6, 6.07) is -8.30. The summed E-state index contributed by atoms with van der Waals surface area (Å²) in [6.07, 6.45) is -7.68.